The van der Waals surface area contributed by atoms with Crippen LogP contribution in [0.5, 0.6) is 0 Å². The van der Waals surface area contributed by atoms with Gasteiger partial charge in [-0.25, -0.2) is 15.0 Å². The predicted molar refractivity (Wildman–Crippen MR) is 117 cm³/mol. The molecule has 0 aliphatic heterocycles. The smallest absolute Gasteiger partial charge is 0.224 e. The van der Waals surface area contributed by atoms with Crippen LogP contribution in [-0.2, 0) is 9.59 Å². The van der Waals surface area contributed by atoms with Crippen molar-refractivity contribution in [3.63, 3.8) is 0 Å². The molecular weight excluding hydrogens is 378 g/mol. The summed E-state index contributed by atoms with van der Waals surface area (Å²) in [6.07, 6.45) is 1.08. The van der Waals surface area contributed by atoms with Crippen LogP contribution >= 0.6 is 0 Å². The number of aromatic nitrogens is 3. The number of carbonyl (C=O) groups is 2. The molecule has 0 aliphatic rings. The van der Waals surface area contributed by atoms with Gasteiger partial charge in [-0.1, -0.05) is 42.5 Å². The number of hydrogen-bond acceptors (Lipinski definition) is 6. The number of benzene rings is 2. The van der Waals surface area contributed by atoms with Gasteiger partial charge in [0, 0.05) is 29.7 Å². The molecule has 0 radical (unpaired) electrons. The van der Waals surface area contributed by atoms with Crippen molar-refractivity contribution in [3.8, 4) is 22.5 Å². The molecule has 0 bridgehead atoms. The molecule has 7 nitrogen and oxygen atoms in total. The van der Waals surface area contributed by atoms with Crippen LogP contribution in [0.3, 0.4) is 0 Å². The maximum absolute atomic E-state index is 11.9. The van der Waals surface area contributed by atoms with Crippen LogP contribution in [0.25, 0.3) is 33.5 Å². The van der Waals surface area contributed by atoms with Gasteiger partial charge in [-0.3, -0.25) is 4.79 Å². The van der Waals surface area contributed by atoms with Crippen LogP contribution in [0.4, 0.5) is 11.6 Å². The lowest BCUT2D eigenvalue weighted by Gasteiger charge is -2.10. The lowest BCUT2D eigenvalue weighted by Crippen LogP contribution is -2.11. The van der Waals surface area contributed by atoms with Gasteiger partial charge in [-0.05, 0) is 24.3 Å². The molecule has 30 heavy (non-hydrogen) atoms. The number of fused-ring (bicyclic) bond motifs is 1. The Morgan fingerprint density at radius 1 is 0.933 bits per heavy atom. The third kappa shape index (κ3) is 4.15. The Labute approximate surface area is 173 Å². The van der Waals surface area contributed by atoms with Crippen LogP contribution in [0.1, 0.15) is 12.8 Å². The first-order chi connectivity index (χ1) is 14.6. The minimum Gasteiger partial charge on any atom is -0.368 e. The van der Waals surface area contributed by atoms with Crippen LogP contribution in [0, 0.1) is 0 Å². The second-order valence-corrected chi connectivity index (χ2v) is 6.69. The van der Waals surface area contributed by atoms with Gasteiger partial charge in [0.2, 0.25) is 11.9 Å². The highest BCUT2D eigenvalue weighted by Gasteiger charge is 2.12. The fraction of sp³-hybridized carbons (Fsp3) is 0.0870. The number of nitrogens with two attached hydrogens (primary N) is 1. The first-order valence-electron chi connectivity index (χ1n) is 9.47. The first-order valence-corrected chi connectivity index (χ1v) is 9.47. The summed E-state index contributed by atoms with van der Waals surface area (Å²) in [4.78, 5) is 35.9. The van der Waals surface area contributed by atoms with Crippen LogP contribution < -0.4 is 11.1 Å². The Morgan fingerprint density at radius 2 is 1.73 bits per heavy atom. The van der Waals surface area contributed by atoms with E-state index in [2.05, 4.69) is 15.3 Å². The molecular formula is C23H19N5O2. The minimum absolute atomic E-state index is 0.154. The number of carbonyl (C=O) groups excluding carboxylic acids is 2. The highest BCUT2D eigenvalue weighted by molar-refractivity contribution is 5.93. The van der Waals surface area contributed by atoms with Crippen molar-refractivity contribution < 1.29 is 9.59 Å². The lowest BCUT2D eigenvalue weighted by molar-refractivity contribution is -0.118. The summed E-state index contributed by atoms with van der Waals surface area (Å²) in [6, 6.07) is 20.8. The van der Waals surface area contributed by atoms with Crippen molar-refractivity contribution in [2.45, 2.75) is 12.8 Å². The third-order valence-corrected chi connectivity index (χ3v) is 4.54. The van der Waals surface area contributed by atoms with Crippen molar-refractivity contribution in [2.75, 3.05) is 11.1 Å². The van der Waals surface area contributed by atoms with Gasteiger partial charge >= 0.3 is 0 Å². The highest BCUT2D eigenvalue weighted by atomic mass is 16.1. The standard InChI is InChI=1S/C23H19N5O2/c24-23-27-19-12-11-18(26-22(19)21(28-23)15-6-2-1-3-7-15)16-8-4-9-17(14-16)25-20(30)10-5-13-29/h1-4,6-9,11-14H,5,10H2,(H,25,30)(H2,24,27,28). The van der Waals surface area contributed by atoms with E-state index in [1.165, 1.54) is 0 Å². The largest absolute Gasteiger partial charge is 0.368 e. The van der Waals surface area contributed by atoms with Gasteiger partial charge in [0.25, 0.3) is 0 Å². The number of nitrogen functional groups attached to an aromatic ring is 1. The van der Waals surface area contributed by atoms with Crippen molar-refractivity contribution in [3.05, 3.63) is 66.7 Å². The average Bonchev–Trinajstić information content (AvgIpc) is 2.77. The van der Waals surface area contributed by atoms with E-state index >= 15 is 0 Å². The van der Waals surface area contributed by atoms with Gasteiger partial charge in [-0.2, -0.15) is 0 Å². The van der Waals surface area contributed by atoms with Crippen LogP contribution in [0.15, 0.2) is 66.7 Å². The molecule has 0 saturated heterocycles. The number of nitrogens with zero attached hydrogens (tertiary/aromatic N) is 3. The van der Waals surface area contributed by atoms with Crippen molar-refractivity contribution >= 4 is 34.9 Å². The molecule has 0 spiro atoms. The van der Waals surface area contributed by atoms with Crippen LogP contribution in [-0.4, -0.2) is 27.1 Å². The number of nitrogens with one attached hydrogen (secondary N) is 1. The molecule has 3 N–H and O–H groups in total. The van der Waals surface area contributed by atoms with E-state index in [9.17, 15) is 9.59 Å². The molecule has 0 saturated carbocycles. The fourth-order valence-corrected chi connectivity index (χ4v) is 3.16. The maximum Gasteiger partial charge on any atom is 0.224 e. The molecule has 0 fully saturated rings. The predicted octanol–water partition coefficient (Wildman–Crippen LogP) is 3.86. The van der Waals surface area contributed by atoms with E-state index in [4.69, 9.17) is 10.7 Å². The Hall–Kier alpha value is -4.13. The number of amides is 1. The van der Waals surface area contributed by atoms with Gasteiger partial charge in [-0.15, -0.1) is 0 Å². The molecule has 4 rings (SSSR count). The maximum atomic E-state index is 11.9. The summed E-state index contributed by atoms with van der Waals surface area (Å²) in [7, 11) is 0. The molecule has 2 aromatic carbocycles. The van der Waals surface area contributed by atoms with Crippen molar-refractivity contribution in [2.24, 2.45) is 0 Å². The molecule has 2 heterocycles. The van der Waals surface area contributed by atoms with E-state index in [1.807, 2.05) is 60.7 Å². The van der Waals surface area contributed by atoms with Gasteiger partial charge < -0.3 is 15.8 Å². The number of aldehydes is 1. The lowest BCUT2D eigenvalue weighted by atomic mass is 10.1. The Morgan fingerprint density at radius 3 is 2.53 bits per heavy atom. The molecule has 1 amide bonds. The number of pyridine rings is 1. The van der Waals surface area contributed by atoms with Crippen LogP contribution in [0.2, 0.25) is 0 Å². The summed E-state index contributed by atoms with van der Waals surface area (Å²) in [5.74, 6) is -0.0168. The average molecular weight is 397 g/mol. The summed E-state index contributed by atoms with van der Waals surface area (Å²) in [5.41, 5.74) is 11.0. The number of hydrogen-bond donors (Lipinski definition) is 2. The van der Waals surface area contributed by atoms with Gasteiger partial charge in [0.1, 0.15) is 17.5 Å². The quantitative estimate of drug-likeness (QED) is 0.478. The second kappa shape index (κ2) is 8.48. The summed E-state index contributed by atoms with van der Waals surface area (Å²) < 4.78 is 0. The highest BCUT2D eigenvalue weighted by Crippen LogP contribution is 2.29. The zero-order valence-corrected chi connectivity index (χ0v) is 16.1. The number of rotatable bonds is 6. The van der Waals surface area contributed by atoms with E-state index in [1.54, 1.807) is 6.07 Å². The molecule has 7 heteroatoms. The van der Waals surface area contributed by atoms with E-state index in [0.717, 1.165) is 23.1 Å². The zero-order chi connectivity index (χ0) is 20.9. The normalized spacial score (nSPS) is 10.7. The molecule has 0 unspecified atom stereocenters. The summed E-state index contributed by atoms with van der Waals surface area (Å²) in [5, 5.41) is 2.80. The fourth-order valence-electron chi connectivity index (χ4n) is 3.16. The molecule has 0 aliphatic carbocycles. The SMILES string of the molecule is Nc1nc(-c2ccccc2)c2nc(-c3cccc(NC(=O)CCC=O)c3)ccc2n1. The van der Waals surface area contributed by atoms with E-state index < -0.39 is 0 Å². The van der Waals surface area contributed by atoms with Crippen molar-refractivity contribution in [1.82, 2.24) is 15.0 Å². The number of anilines is 2. The Balaban J connectivity index is 1.74. The summed E-state index contributed by atoms with van der Waals surface area (Å²) in [6.45, 7) is 0. The Bertz CT molecular complexity index is 1220. The van der Waals surface area contributed by atoms with Crippen molar-refractivity contribution in [1.29, 1.82) is 0 Å². The zero-order valence-electron chi connectivity index (χ0n) is 16.1. The summed E-state index contributed by atoms with van der Waals surface area (Å²) >= 11 is 0. The first kappa shape index (κ1) is 19.2. The molecule has 148 valence electrons. The molecule has 4 aromatic rings. The molecule has 2 aromatic heterocycles. The Kier molecular flexibility index (Phi) is 5.43. The van der Waals surface area contributed by atoms with E-state index in [-0.39, 0.29) is 24.7 Å². The third-order valence-electron chi connectivity index (χ3n) is 4.54. The topological polar surface area (TPSA) is 111 Å². The van der Waals surface area contributed by atoms with E-state index in [0.29, 0.717) is 22.4 Å². The molecule has 0 atom stereocenters. The second-order valence-electron chi connectivity index (χ2n) is 6.69. The van der Waals surface area contributed by atoms with Gasteiger partial charge in [0.05, 0.1) is 11.2 Å². The van der Waals surface area contributed by atoms with Gasteiger partial charge in [0.15, 0.2) is 0 Å². The monoisotopic (exact) mass is 397 g/mol. The minimum atomic E-state index is -0.207.